The summed E-state index contributed by atoms with van der Waals surface area (Å²) in [5, 5.41) is 18.5. The average Bonchev–Trinajstić information content (AvgIpc) is 3.43. The zero-order valence-electron chi connectivity index (χ0n) is 21.3. The van der Waals surface area contributed by atoms with Crippen molar-refractivity contribution in [2.24, 2.45) is 10.5 Å². The van der Waals surface area contributed by atoms with E-state index in [0.717, 1.165) is 5.56 Å². The first-order valence-corrected chi connectivity index (χ1v) is 13.4. The molecule has 0 amide bonds. The second-order valence-corrected chi connectivity index (χ2v) is 10.8. The highest BCUT2D eigenvalue weighted by Gasteiger charge is 2.72. The van der Waals surface area contributed by atoms with Crippen molar-refractivity contribution >= 4 is 40.9 Å². The fourth-order valence-corrected chi connectivity index (χ4v) is 6.89. The lowest BCUT2D eigenvalue weighted by Crippen LogP contribution is -2.43. The number of hydrogen-bond acceptors (Lipinski definition) is 7. The maximum atomic E-state index is 14.7. The van der Waals surface area contributed by atoms with Gasteiger partial charge in [-0.2, -0.15) is 5.10 Å². The van der Waals surface area contributed by atoms with Gasteiger partial charge < -0.3 is 0 Å². The molecule has 0 radical (unpaired) electrons. The minimum Gasteiger partial charge on any atom is -0.293 e. The van der Waals surface area contributed by atoms with Crippen LogP contribution >= 0.6 is 11.6 Å². The van der Waals surface area contributed by atoms with E-state index in [2.05, 4.69) is 5.10 Å². The molecule has 2 heterocycles. The SMILES string of the molecule is O=C(c1ccc(Cl)cc1)[C@@H]1[C@@H](c2cccc([N+](=O)[O-])c2)C2(C(=O)c3ccccc3C2=O)C2c3ccccc3C=NN21. The lowest BCUT2D eigenvalue weighted by molar-refractivity contribution is -0.384. The topological polar surface area (TPSA) is 110 Å². The fourth-order valence-electron chi connectivity index (χ4n) is 6.77. The molecule has 1 spiro atoms. The molecule has 3 aliphatic rings. The minimum atomic E-state index is -1.81. The van der Waals surface area contributed by atoms with Gasteiger partial charge in [0.15, 0.2) is 17.3 Å². The zero-order valence-corrected chi connectivity index (χ0v) is 22.1. The second-order valence-electron chi connectivity index (χ2n) is 10.4. The Hall–Kier alpha value is -4.95. The molecule has 1 saturated heterocycles. The summed E-state index contributed by atoms with van der Waals surface area (Å²) in [6.45, 7) is 0. The molecular formula is C32H20ClN3O5. The van der Waals surface area contributed by atoms with E-state index >= 15 is 0 Å². The van der Waals surface area contributed by atoms with Crippen molar-refractivity contribution in [3.63, 3.8) is 0 Å². The number of carbonyl (C=O) groups is 3. The van der Waals surface area contributed by atoms with Crippen LogP contribution in [0.1, 0.15) is 59.7 Å². The molecule has 0 aromatic heterocycles. The van der Waals surface area contributed by atoms with Gasteiger partial charge in [0.2, 0.25) is 0 Å². The van der Waals surface area contributed by atoms with E-state index in [4.69, 9.17) is 11.6 Å². The van der Waals surface area contributed by atoms with Crippen LogP contribution in [0.2, 0.25) is 5.02 Å². The number of rotatable bonds is 4. The molecule has 9 heteroatoms. The zero-order chi connectivity index (χ0) is 28.5. The van der Waals surface area contributed by atoms with Crippen LogP contribution in [0, 0.1) is 15.5 Å². The average molecular weight is 562 g/mol. The van der Waals surface area contributed by atoms with Crippen LogP contribution < -0.4 is 0 Å². The Morgan fingerprint density at radius 1 is 0.878 bits per heavy atom. The van der Waals surface area contributed by atoms with Gasteiger partial charge in [-0.1, -0.05) is 72.3 Å². The third kappa shape index (κ3) is 3.40. The Balaban J connectivity index is 1.56. The molecule has 200 valence electrons. The van der Waals surface area contributed by atoms with E-state index in [-0.39, 0.29) is 22.6 Å². The summed E-state index contributed by atoms with van der Waals surface area (Å²) in [5.41, 5.74) is 0.567. The Morgan fingerprint density at radius 2 is 1.54 bits per heavy atom. The second kappa shape index (κ2) is 9.04. The summed E-state index contributed by atoms with van der Waals surface area (Å²) >= 11 is 6.10. The maximum absolute atomic E-state index is 14.7. The quantitative estimate of drug-likeness (QED) is 0.130. The molecular weight excluding hydrogens is 542 g/mol. The summed E-state index contributed by atoms with van der Waals surface area (Å²) in [7, 11) is 0. The van der Waals surface area contributed by atoms with Gasteiger partial charge in [0.25, 0.3) is 5.69 Å². The molecule has 7 rings (SSSR count). The number of carbonyl (C=O) groups excluding carboxylic acids is 3. The summed E-state index contributed by atoms with van der Waals surface area (Å²) < 4.78 is 0. The van der Waals surface area contributed by atoms with Crippen LogP contribution in [-0.4, -0.2) is 39.5 Å². The molecule has 2 aliphatic heterocycles. The number of benzene rings is 4. The van der Waals surface area contributed by atoms with Crippen molar-refractivity contribution in [2.45, 2.75) is 18.0 Å². The number of hydrazone groups is 1. The van der Waals surface area contributed by atoms with Gasteiger partial charge in [-0.25, -0.2) is 0 Å². The van der Waals surface area contributed by atoms with Crippen LogP contribution in [0.4, 0.5) is 5.69 Å². The van der Waals surface area contributed by atoms with Crippen LogP contribution in [0.15, 0.2) is 102 Å². The number of nitro benzene ring substituents is 1. The maximum Gasteiger partial charge on any atom is 0.269 e. The van der Waals surface area contributed by atoms with E-state index in [1.165, 1.54) is 18.2 Å². The molecule has 1 aliphatic carbocycles. The van der Waals surface area contributed by atoms with Crippen LogP contribution in [0.25, 0.3) is 0 Å². The van der Waals surface area contributed by atoms with Crippen molar-refractivity contribution in [3.05, 3.63) is 146 Å². The van der Waals surface area contributed by atoms with Crippen LogP contribution in [0.3, 0.4) is 0 Å². The van der Waals surface area contributed by atoms with Gasteiger partial charge in [-0.15, -0.1) is 0 Å². The first-order chi connectivity index (χ1) is 19.8. The van der Waals surface area contributed by atoms with E-state index < -0.39 is 39.9 Å². The number of fused-ring (bicyclic) bond motifs is 5. The standard InChI is InChI=1S/C32H20ClN3O5/c33-21-14-12-18(13-15-21)28(37)27-26(19-7-5-8-22(16-19)36(40)41)32(30(38)24-10-3-4-11-25(24)31(32)39)29-23-9-2-1-6-20(23)17-34-35(27)29/h1-17,26-27,29H/t26-,27+,29?/m1/s1. The van der Waals surface area contributed by atoms with Crippen molar-refractivity contribution < 1.29 is 19.3 Å². The van der Waals surface area contributed by atoms with Gasteiger partial charge in [0.1, 0.15) is 11.5 Å². The molecule has 8 nitrogen and oxygen atoms in total. The largest absolute Gasteiger partial charge is 0.293 e. The number of halogens is 1. The van der Waals surface area contributed by atoms with Gasteiger partial charge in [0, 0.05) is 39.8 Å². The normalized spacial score (nSPS) is 21.5. The fraction of sp³-hybridized carbons (Fsp3) is 0.125. The predicted octanol–water partition coefficient (Wildman–Crippen LogP) is 6.05. The highest BCUT2D eigenvalue weighted by molar-refractivity contribution is 6.32. The monoisotopic (exact) mass is 561 g/mol. The Morgan fingerprint density at radius 3 is 2.22 bits per heavy atom. The van der Waals surface area contributed by atoms with E-state index in [0.29, 0.717) is 21.7 Å². The van der Waals surface area contributed by atoms with Gasteiger partial charge in [-0.3, -0.25) is 29.5 Å². The van der Waals surface area contributed by atoms with Crippen LogP contribution in [0.5, 0.6) is 0 Å². The van der Waals surface area contributed by atoms with Crippen molar-refractivity contribution in [1.29, 1.82) is 0 Å². The van der Waals surface area contributed by atoms with Crippen molar-refractivity contribution in [2.75, 3.05) is 0 Å². The van der Waals surface area contributed by atoms with Gasteiger partial charge in [-0.05, 0) is 41.0 Å². The van der Waals surface area contributed by atoms with Crippen molar-refractivity contribution in [1.82, 2.24) is 5.01 Å². The van der Waals surface area contributed by atoms with Crippen molar-refractivity contribution in [3.8, 4) is 0 Å². The Labute approximate surface area is 239 Å². The first kappa shape index (κ1) is 25.0. The minimum absolute atomic E-state index is 0.209. The molecule has 1 fully saturated rings. The summed E-state index contributed by atoms with van der Waals surface area (Å²) in [4.78, 5) is 55.1. The number of non-ortho nitro benzene ring substituents is 1. The number of hydrogen-bond donors (Lipinski definition) is 0. The molecule has 0 N–H and O–H groups in total. The highest BCUT2D eigenvalue weighted by atomic mass is 35.5. The molecule has 0 saturated carbocycles. The molecule has 3 atom stereocenters. The van der Waals surface area contributed by atoms with Crippen LogP contribution in [-0.2, 0) is 0 Å². The van der Waals surface area contributed by atoms with E-state index in [1.807, 2.05) is 24.3 Å². The third-order valence-corrected chi connectivity index (χ3v) is 8.67. The number of ketones is 3. The number of nitrogens with zero attached hydrogens (tertiary/aromatic N) is 3. The highest BCUT2D eigenvalue weighted by Crippen LogP contribution is 2.64. The smallest absolute Gasteiger partial charge is 0.269 e. The molecule has 1 unspecified atom stereocenters. The van der Waals surface area contributed by atoms with Gasteiger partial charge >= 0.3 is 0 Å². The number of nitro groups is 1. The number of Topliss-reactive ketones (excluding diaryl/α,β-unsaturated/α-hetero) is 3. The predicted molar refractivity (Wildman–Crippen MR) is 152 cm³/mol. The van der Waals surface area contributed by atoms with E-state index in [1.54, 1.807) is 65.8 Å². The summed E-state index contributed by atoms with van der Waals surface area (Å²) in [6.07, 6.45) is 1.62. The molecule has 4 aromatic carbocycles. The Kier molecular flexibility index (Phi) is 5.52. The Bertz CT molecular complexity index is 1800. The lowest BCUT2D eigenvalue weighted by atomic mass is 9.63. The molecule has 4 aromatic rings. The van der Waals surface area contributed by atoms with E-state index in [9.17, 15) is 24.5 Å². The first-order valence-electron chi connectivity index (χ1n) is 13.0. The summed E-state index contributed by atoms with van der Waals surface area (Å²) in [6, 6.07) is 24.1. The summed E-state index contributed by atoms with van der Waals surface area (Å²) in [5.74, 6) is -2.33. The molecule has 41 heavy (non-hydrogen) atoms. The lowest BCUT2D eigenvalue weighted by Gasteiger charge is -2.36. The molecule has 0 bridgehead atoms. The van der Waals surface area contributed by atoms with Gasteiger partial charge in [0.05, 0.1) is 17.2 Å². The third-order valence-electron chi connectivity index (χ3n) is 8.41.